The van der Waals surface area contributed by atoms with Gasteiger partial charge in [-0.2, -0.15) is 13.2 Å². The van der Waals surface area contributed by atoms with E-state index in [-0.39, 0.29) is 24.5 Å². The molecule has 1 aliphatic rings. The molecule has 0 aromatic heterocycles. The standard InChI is InChI=1S/C32H39F3N4O6/c1-30(2,3)44-27(40)18-24(38-29(42)45-31(4,5)6)28(41)39-15-14-20-16-23(12-13-25(20)39)43-19-21(36)17-26(32(33,34)35)37-22-10-8-7-9-11-22/h7-13,16-17,24H,14-15,18-19,36H2,1-6H3,(H,38,42)/t24-/m1/s1. The molecule has 1 aliphatic heterocycles. The summed E-state index contributed by atoms with van der Waals surface area (Å²) < 4.78 is 57.0. The highest BCUT2D eigenvalue weighted by molar-refractivity contribution is 6.02. The Morgan fingerprint density at radius 3 is 2.24 bits per heavy atom. The number of halogens is 3. The number of alkyl halides is 3. The van der Waals surface area contributed by atoms with Crippen LogP contribution in [0.25, 0.3) is 0 Å². The van der Waals surface area contributed by atoms with Crippen LogP contribution >= 0.6 is 0 Å². The summed E-state index contributed by atoms with van der Waals surface area (Å²) in [5.41, 5.74) is 4.24. The van der Waals surface area contributed by atoms with Crippen LogP contribution in [0, 0.1) is 0 Å². The molecule has 10 nitrogen and oxygen atoms in total. The molecule has 0 radical (unpaired) electrons. The zero-order valence-corrected chi connectivity index (χ0v) is 26.2. The van der Waals surface area contributed by atoms with Crippen LogP contribution in [0.1, 0.15) is 53.5 Å². The average molecular weight is 633 g/mol. The molecule has 0 fully saturated rings. The number of esters is 1. The first-order valence-corrected chi connectivity index (χ1v) is 14.3. The third-order valence-electron chi connectivity index (χ3n) is 6.02. The van der Waals surface area contributed by atoms with E-state index in [2.05, 4.69) is 10.3 Å². The lowest BCUT2D eigenvalue weighted by molar-refractivity contribution is -0.156. The number of hydrogen-bond donors (Lipinski definition) is 2. The minimum atomic E-state index is -4.73. The summed E-state index contributed by atoms with van der Waals surface area (Å²) >= 11 is 0. The number of nitrogens with two attached hydrogens (primary N) is 1. The lowest BCUT2D eigenvalue weighted by atomic mass is 10.1. The number of aliphatic imine (C=N–C) groups is 1. The van der Waals surface area contributed by atoms with Gasteiger partial charge in [-0.05, 0) is 89.9 Å². The topological polar surface area (TPSA) is 133 Å². The molecule has 13 heteroatoms. The smallest absolute Gasteiger partial charge is 0.433 e. The number of hydrogen-bond acceptors (Lipinski definition) is 8. The molecule has 3 N–H and O–H groups in total. The number of anilines is 1. The fourth-order valence-corrected chi connectivity index (χ4v) is 4.29. The molecule has 0 aliphatic carbocycles. The lowest BCUT2D eigenvalue weighted by Gasteiger charge is -2.27. The van der Waals surface area contributed by atoms with Crippen LogP contribution < -0.4 is 20.7 Å². The van der Waals surface area contributed by atoms with Crippen LogP contribution in [-0.2, 0) is 25.5 Å². The first-order valence-electron chi connectivity index (χ1n) is 14.3. The van der Waals surface area contributed by atoms with Crippen molar-refractivity contribution in [3.63, 3.8) is 0 Å². The van der Waals surface area contributed by atoms with Gasteiger partial charge in [0.05, 0.1) is 12.1 Å². The highest BCUT2D eigenvalue weighted by atomic mass is 19.4. The first kappa shape index (κ1) is 34.9. The summed E-state index contributed by atoms with van der Waals surface area (Å²) in [4.78, 5) is 43.8. The quantitative estimate of drug-likeness (QED) is 0.266. The minimum absolute atomic E-state index is 0.127. The molecule has 0 bridgehead atoms. The number of amides is 2. The maximum absolute atomic E-state index is 13.6. The van der Waals surface area contributed by atoms with Crippen LogP contribution in [0.4, 0.5) is 29.3 Å². The molecule has 1 heterocycles. The number of fused-ring (bicyclic) bond motifs is 1. The molecule has 2 amide bonds. The first-order chi connectivity index (χ1) is 20.8. The largest absolute Gasteiger partial charge is 0.487 e. The molecule has 0 spiro atoms. The number of nitrogens with zero attached hydrogens (tertiary/aromatic N) is 2. The van der Waals surface area contributed by atoms with E-state index in [9.17, 15) is 27.6 Å². The third kappa shape index (κ3) is 11.1. The van der Waals surface area contributed by atoms with Crippen LogP contribution in [0.5, 0.6) is 5.75 Å². The molecule has 0 saturated heterocycles. The molecule has 3 rings (SSSR count). The van der Waals surface area contributed by atoms with E-state index in [1.165, 1.54) is 17.0 Å². The third-order valence-corrected chi connectivity index (χ3v) is 6.02. The number of benzene rings is 2. The van der Waals surface area contributed by atoms with Gasteiger partial charge < -0.3 is 30.2 Å². The summed E-state index contributed by atoms with van der Waals surface area (Å²) in [6, 6.07) is 11.3. The number of rotatable bonds is 9. The van der Waals surface area contributed by atoms with E-state index in [4.69, 9.17) is 19.9 Å². The van der Waals surface area contributed by atoms with E-state index < -0.39 is 53.5 Å². The Bertz CT molecular complexity index is 1410. The van der Waals surface area contributed by atoms with Crippen molar-refractivity contribution in [2.45, 2.75) is 77.8 Å². The van der Waals surface area contributed by atoms with Gasteiger partial charge in [-0.15, -0.1) is 0 Å². The van der Waals surface area contributed by atoms with Crippen LogP contribution in [0.15, 0.2) is 65.3 Å². The Hall–Kier alpha value is -4.55. The molecule has 1 atom stereocenters. The minimum Gasteiger partial charge on any atom is -0.487 e. The molecule has 244 valence electrons. The average Bonchev–Trinajstić information content (AvgIpc) is 3.32. The zero-order chi connectivity index (χ0) is 33.6. The Labute approximate surface area is 260 Å². The second-order valence-corrected chi connectivity index (χ2v) is 12.4. The van der Waals surface area contributed by atoms with Crippen molar-refractivity contribution < 1.29 is 41.8 Å². The highest BCUT2D eigenvalue weighted by Crippen LogP contribution is 2.32. The van der Waals surface area contributed by atoms with Gasteiger partial charge in [0, 0.05) is 17.9 Å². The number of allylic oxidation sites excluding steroid dienone is 1. The van der Waals surface area contributed by atoms with E-state index in [1.807, 2.05) is 0 Å². The van der Waals surface area contributed by atoms with Crippen LogP contribution in [-0.4, -0.2) is 60.3 Å². The number of carbonyl (C=O) groups is 3. The van der Waals surface area contributed by atoms with Gasteiger partial charge in [-0.1, -0.05) is 18.2 Å². The van der Waals surface area contributed by atoms with Gasteiger partial charge in [-0.25, -0.2) is 9.79 Å². The van der Waals surface area contributed by atoms with Crippen molar-refractivity contribution in [3.05, 3.63) is 65.9 Å². The summed E-state index contributed by atoms with van der Waals surface area (Å²) in [5, 5.41) is 2.50. The second kappa shape index (κ2) is 14.0. The molecular formula is C32H39F3N4O6. The molecule has 45 heavy (non-hydrogen) atoms. The number of nitrogens with one attached hydrogen (secondary N) is 1. The fraction of sp³-hybridized carbons (Fsp3) is 0.438. The van der Waals surface area contributed by atoms with Crippen LogP contribution in [0.2, 0.25) is 0 Å². The summed E-state index contributed by atoms with van der Waals surface area (Å²) in [6.45, 7) is 10.00. The predicted octanol–water partition coefficient (Wildman–Crippen LogP) is 5.76. The number of carbonyl (C=O) groups excluding carboxylic acids is 3. The second-order valence-electron chi connectivity index (χ2n) is 12.4. The van der Waals surface area contributed by atoms with Crippen molar-refractivity contribution in [2.24, 2.45) is 10.7 Å². The van der Waals surface area contributed by atoms with E-state index in [0.717, 1.165) is 11.6 Å². The zero-order valence-electron chi connectivity index (χ0n) is 26.2. The van der Waals surface area contributed by atoms with Gasteiger partial charge in [0.15, 0.2) is 0 Å². The Kier molecular flexibility index (Phi) is 10.9. The Balaban J connectivity index is 1.74. The fourth-order valence-electron chi connectivity index (χ4n) is 4.29. The van der Waals surface area contributed by atoms with Crippen molar-refractivity contribution in [3.8, 4) is 5.75 Å². The Morgan fingerprint density at radius 1 is 1.00 bits per heavy atom. The summed E-state index contributed by atoms with van der Waals surface area (Å²) in [6.07, 6.45) is -4.85. The van der Waals surface area contributed by atoms with E-state index in [0.29, 0.717) is 17.9 Å². The predicted molar refractivity (Wildman–Crippen MR) is 163 cm³/mol. The summed E-state index contributed by atoms with van der Waals surface area (Å²) in [5.74, 6) is -0.887. The van der Waals surface area contributed by atoms with Crippen molar-refractivity contribution in [2.75, 3.05) is 18.1 Å². The van der Waals surface area contributed by atoms with Gasteiger partial charge >= 0.3 is 18.2 Å². The Morgan fingerprint density at radius 2 is 1.64 bits per heavy atom. The summed E-state index contributed by atoms with van der Waals surface area (Å²) in [7, 11) is 0. The highest BCUT2D eigenvalue weighted by Gasteiger charge is 2.36. The molecule has 0 unspecified atom stereocenters. The van der Waals surface area contributed by atoms with Crippen molar-refractivity contribution >= 4 is 35.1 Å². The molecular weight excluding hydrogens is 593 g/mol. The molecule has 2 aromatic rings. The van der Waals surface area contributed by atoms with Gasteiger partial charge in [-0.3, -0.25) is 9.59 Å². The van der Waals surface area contributed by atoms with Gasteiger partial charge in [0.2, 0.25) is 5.91 Å². The van der Waals surface area contributed by atoms with Crippen molar-refractivity contribution in [1.29, 1.82) is 0 Å². The maximum atomic E-state index is 13.6. The van der Waals surface area contributed by atoms with Gasteiger partial charge in [0.1, 0.15) is 35.3 Å². The van der Waals surface area contributed by atoms with E-state index in [1.54, 1.807) is 77.9 Å². The normalized spacial score (nSPS) is 14.8. The van der Waals surface area contributed by atoms with Crippen LogP contribution in [0.3, 0.4) is 0 Å². The number of alkyl carbamates (subject to hydrolysis) is 1. The SMILES string of the molecule is CC(C)(C)OC(=O)C[C@@H](NC(=O)OC(C)(C)C)C(=O)N1CCc2cc(OCC(N)=CC(=Nc3ccccc3)C(F)(F)F)ccc21. The number of ether oxygens (including phenoxy) is 3. The monoisotopic (exact) mass is 632 g/mol. The lowest BCUT2D eigenvalue weighted by Crippen LogP contribution is -2.50. The van der Waals surface area contributed by atoms with Gasteiger partial charge in [0.25, 0.3) is 0 Å². The maximum Gasteiger partial charge on any atom is 0.433 e. The molecule has 2 aromatic carbocycles. The number of para-hydroxylation sites is 1. The van der Waals surface area contributed by atoms with E-state index >= 15 is 0 Å². The molecule has 0 saturated carbocycles. The van der Waals surface area contributed by atoms with Crippen molar-refractivity contribution in [1.82, 2.24) is 5.32 Å².